The van der Waals surface area contributed by atoms with Crippen LogP contribution in [0.15, 0.2) is 61.3 Å². The largest absolute Gasteiger partial charge is 0.335 e. The van der Waals surface area contributed by atoms with Gasteiger partial charge in [-0.25, -0.2) is 27.5 Å². The third-order valence-electron chi connectivity index (χ3n) is 7.91. The molecule has 45 heavy (non-hydrogen) atoms. The molecule has 4 N–H and O–H groups in total. The monoisotopic (exact) mass is 625 g/mol. The number of halogens is 1. The molecule has 1 amide bonds. The Bertz CT molecular complexity index is 2190. The summed E-state index contributed by atoms with van der Waals surface area (Å²) in [5.74, 6) is 0.00473. The number of fused-ring (bicyclic) bond motifs is 2. The summed E-state index contributed by atoms with van der Waals surface area (Å²) in [6.07, 6.45) is 13.3. The van der Waals surface area contributed by atoms with Gasteiger partial charge in [-0.2, -0.15) is 5.10 Å². The van der Waals surface area contributed by atoms with Gasteiger partial charge in [-0.1, -0.05) is 12.8 Å². The number of hydrogen-bond acceptors (Lipinski definition) is 8. The molecule has 1 fully saturated rings. The summed E-state index contributed by atoms with van der Waals surface area (Å²) in [6.45, 7) is -0.0568. The highest BCUT2D eigenvalue weighted by Crippen LogP contribution is 2.33. The predicted molar refractivity (Wildman–Crippen MR) is 168 cm³/mol. The highest BCUT2D eigenvalue weighted by molar-refractivity contribution is 7.88. The molecule has 1 aliphatic carbocycles. The van der Waals surface area contributed by atoms with Crippen LogP contribution in [0, 0.1) is 11.7 Å². The zero-order valence-electron chi connectivity index (χ0n) is 24.1. The second-order valence-electron chi connectivity index (χ2n) is 11.2. The van der Waals surface area contributed by atoms with E-state index in [0.717, 1.165) is 43.1 Å². The van der Waals surface area contributed by atoms with Crippen LogP contribution in [0.2, 0.25) is 0 Å². The Morgan fingerprint density at radius 1 is 0.978 bits per heavy atom. The molecule has 0 atom stereocenters. The number of rotatable bonds is 8. The standard InChI is InChI=1S/C31H28FN9O3S/c1-45(43,44)36-11-17-6-19(8-22(32)7-17)25-15-34-16-26-27(25)39-30(38-26)28-24-10-21(13-35-29(24)41-40-28)20-9-23(14-33-12-20)37-31(42)18-4-2-3-5-18/h6-10,12-16,18,36H,2-5,11H2,1H3,(H,37,42)(H,38,39)(H,35,40,41). The van der Waals surface area contributed by atoms with Gasteiger partial charge in [-0.3, -0.25) is 19.9 Å². The van der Waals surface area contributed by atoms with Gasteiger partial charge in [-0.15, -0.1) is 0 Å². The molecule has 228 valence electrons. The molecule has 0 saturated heterocycles. The van der Waals surface area contributed by atoms with Crippen molar-refractivity contribution in [1.29, 1.82) is 0 Å². The first-order chi connectivity index (χ1) is 21.7. The van der Waals surface area contributed by atoms with Crippen LogP contribution in [-0.2, 0) is 21.4 Å². The zero-order chi connectivity index (χ0) is 31.1. The third-order valence-corrected chi connectivity index (χ3v) is 8.58. The SMILES string of the molecule is CS(=O)(=O)NCc1cc(F)cc(-c2cncc3[nH]c(-c4n[nH]c5ncc(-c6cncc(NC(=O)C7CCCC7)c6)cc45)nc23)c1. The van der Waals surface area contributed by atoms with Gasteiger partial charge >= 0.3 is 0 Å². The maximum absolute atomic E-state index is 14.6. The molecular weight excluding hydrogens is 597 g/mol. The maximum atomic E-state index is 14.6. The lowest BCUT2D eigenvalue weighted by molar-refractivity contribution is -0.119. The number of carbonyl (C=O) groups is 1. The van der Waals surface area contributed by atoms with Gasteiger partial charge in [0.2, 0.25) is 15.9 Å². The number of nitrogens with one attached hydrogen (secondary N) is 4. The van der Waals surface area contributed by atoms with Gasteiger partial charge in [-0.05, 0) is 54.3 Å². The molecule has 5 aromatic heterocycles. The number of aromatic nitrogens is 7. The van der Waals surface area contributed by atoms with Crippen LogP contribution in [0.25, 0.3) is 55.8 Å². The van der Waals surface area contributed by atoms with Crippen molar-refractivity contribution < 1.29 is 17.6 Å². The normalized spacial score (nSPS) is 14.0. The summed E-state index contributed by atoms with van der Waals surface area (Å²) in [6, 6.07) is 8.14. The van der Waals surface area contributed by atoms with Crippen molar-refractivity contribution in [3.8, 4) is 33.8 Å². The van der Waals surface area contributed by atoms with E-state index in [1.807, 2.05) is 12.1 Å². The quantitative estimate of drug-likeness (QED) is 0.184. The Kier molecular flexibility index (Phi) is 7.30. The van der Waals surface area contributed by atoms with Gasteiger partial charge in [0.05, 0.1) is 40.8 Å². The van der Waals surface area contributed by atoms with Crippen LogP contribution >= 0.6 is 0 Å². The van der Waals surface area contributed by atoms with Crippen molar-refractivity contribution in [1.82, 2.24) is 39.8 Å². The van der Waals surface area contributed by atoms with Crippen molar-refractivity contribution >= 4 is 43.7 Å². The Morgan fingerprint density at radius 3 is 2.60 bits per heavy atom. The van der Waals surface area contributed by atoms with Gasteiger partial charge in [0.25, 0.3) is 0 Å². The lowest BCUT2D eigenvalue weighted by atomic mass is 10.0. The summed E-state index contributed by atoms with van der Waals surface area (Å²) in [5.41, 5.74) is 5.94. The first-order valence-corrected chi connectivity index (χ1v) is 16.3. The molecule has 1 aromatic carbocycles. The molecule has 12 nitrogen and oxygen atoms in total. The second kappa shape index (κ2) is 11.4. The second-order valence-corrected chi connectivity index (χ2v) is 13.1. The van der Waals surface area contributed by atoms with E-state index in [2.05, 4.69) is 40.2 Å². The Hall–Kier alpha value is -5.08. The number of H-pyrrole nitrogens is 2. The summed E-state index contributed by atoms with van der Waals surface area (Å²) in [7, 11) is -3.46. The fourth-order valence-corrected chi connectivity index (χ4v) is 6.15. The van der Waals surface area contributed by atoms with Gasteiger partial charge < -0.3 is 10.3 Å². The fraction of sp³-hybridized carbons (Fsp3) is 0.226. The Balaban J connectivity index is 1.22. The minimum absolute atomic E-state index is 0.0240. The number of hydrogen-bond donors (Lipinski definition) is 4. The molecule has 1 aliphatic rings. The van der Waals surface area contributed by atoms with Gasteiger partial charge in [0.1, 0.15) is 11.5 Å². The molecule has 0 bridgehead atoms. The van der Waals surface area contributed by atoms with E-state index in [9.17, 15) is 17.6 Å². The van der Waals surface area contributed by atoms with E-state index in [1.165, 1.54) is 12.1 Å². The molecule has 0 unspecified atom stereocenters. The lowest BCUT2D eigenvalue weighted by Crippen LogP contribution is -2.21. The van der Waals surface area contributed by atoms with Crippen molar-refractivity contribution in [2.45, 2.75) is 32.2 Å². The number of aromatic amines is 2. The highest BCUT2D eigenvalue weighted by Gasteiger charge is 2.23. The number of carbonyl (C=O) groups excluding carboxylic acids is 1. The summed E-state index contributed by atoms with van der Waals surface area (Å²) < 4.78 is 40.1. The number of sulfonamides is 1. The molecule has 7 rings (SSSR count). The van der Waals surface area contributed by atoms with Gasteiger partial charge in [0.15, 0.2) is 11.5 Å². The van der Waals surface area contributed by atoms with Crippen LogP contribution in [0.5, 0.6) is 0 Å². The van der Waals surface area contributed by atoms with Crippen molar-refractivity contribution in [2.24, 2.45) is 5.92 Å². The zero-order valence-corrected chi connectivity index (χ0v) is 24.9. The Labute approximate surface area is 257 Å². The van der Waals surface area contributed by atoms with E-state index >= 15 is 0 Å². The van der Waals surface area contributed by atoms with E-state index in [-0.39, 0.29) is 18.4 Å². The van der Waals surface area contributed by atoms with Crippen molar-refractivity contribution in [2.75, 3.05) is 11.6 Å². The molecule has 1 saturated carbocycles. The van der Waals surface area contributed by atoms with Crippen LogP contribution in [-0.4, -0.2) is 55.7 Å². The molecule has 14 heteroatoms. The van der Waals surface area contributed by atoms with Crippen molar-refractivity contribution in [3.05, 3.63) is 72.7 Å². The van der Waals surface area contributed by atoms with Crippen LogP contribution in [0.4, 0.5) is 10.1 Å². The number of imidazole rings is 1. The van der Waals surface area contributed by atoms with E-state index in [0.29, 0.717) is 56.0 Å². The lowest BCUT2D eigenvalue weighted by Gasteiger charge is -2.11. The van der Waals surface area contributed by atoms with Crippen LogP contribution < -0.4 is 10.0 Å². The van der Waals surface area contributed by atoms with E-state index in [1.54, 1.807) is 37.1 Å². The Morgan fingerprint density at radius 2 is 1.78 bits per heavy atom. The smallest absolute Gasteiger partial charge is 0.227 e. The number of benzene rings is 1. The summed E-state index contributed by atoms with van der Waals surface area (Å²) >= 11 is 0. The van der Waals surface area contributed by atoms with Crippen molar-refractivity contribution in [3.63, 3.8) is 0 Å². The topological polar surface area (TPSA) is 171 Å². The highest BCUT2D eigenvalue weighted by atomic mass is 32.2. The number of anilines is 1. The molecule has 6 aromatic rings. The minimum atomic E-state index is -3.46. The molecule has 5 heterocycles. The summed E-state index contributed by atoms with van der Waals surface area (Å²) in [4.78, 5) is 34.0. The predicted octanol–water partition coefficient (Wildman–Crippen LogP) is 4.94. The number of nitrogens with zero attached hydrogens (tertiary/aromatic N) is 5. The minimum Gasteiger partial charge on any atom is -0.335 e. The van der Waals surface area contributed by atoms with Crippen LogP contribution in [0.3, 0.4) is 0 Å². The van der Waals surface area contributed by atoms with E-state index < -0.39 is 15.8 Å². The molecule has 0 aliphatic heterocycles. The van der Waals surface area contributed by atoms with Gasteiger partial charge in [0, 0.05) is 47.7 Å². The molecular formula is C31H28FN9O3S. The number of amides is 1. The van der Waals surface area contributed by atoms with E-state index in [4.69, 9.17) is 4.98 Å². The molecule has 0 spiro atoms. The van der Waals surface area contributed by atoms with Crippen LogP contribution in [0.1, 0.15) is 31.2 Å². The number of pyridine rings is 3. The third kappa shape index (κ3) is 6.01. The maximum Gasteiger partial charge on any atom is 0.227 e. The first-order valence-electron chi connectivity index (χ1n) is 14.4. The fourth-order valence-electron chi connectivity index (χ4n) is 5.72. The average Bonchev–Trinajstić information content (AvgIpc) is 3.79. The average molecular weight is 626 g/mol. The molecule has 0 radical (unpaired) electrons. The summed E-state index contributed by atoms with van der Waals surface area (Å²) in [5, 5.41) is 11.1. The first kappa shape index (κ1) is 28.7.